The topological polar surface area (TPSA) is 81.8 Å². The summed E-state index contributed by atoms with van der Waals surface area (Å²) in [6, 6.07) is 1.16. The standard InChI is InChI=1S/C12H13NO5/c1-12(2)5-4-7-10(14)9(17-3)6-8(13(15)16)11(7)18-12/h4-6,14H,1-3H3. The van der Waals surface area contributed by atoms with E-state index in [0.29, 0.717) is 0 Å². The second-order valence-corrected chi connectivity index (χ2v) is 4.49. The van der Waals surface area contributed by atoms with Gasteiger partial charge in [-0.1, -0.05) is 0 Å². The van der Waals surface area contributed by atoms with E-state index in [1.807, 2.05) is 0 Å². The summed E-state index contributed by atoms with van der Waals surface area (Å²) in [6.45, 7) is 3.55. The summed E-state index contributed by atoms with van der Waals surface area (Å²) in [5, 5.41) is 21.0. The minimum absolute atomic E-state index is 0.0495. The minimum atomic E-state index is -0.654. The first kappa shape index (κ1) is 12.2. The van der Waals surface area contributed by atoms with Crippen LogP contribution in [-0.2, 0) is 0 Å². The molecule has 0 aliphatic carbocycles. The molecule has 0 unspecified atom stereocenters. The minimum Gasteiger partial charge on any atom is -0.504 e. The van der Waals surface area contributed by atoms with Crippen molar-refractivity contribution in [3.05, 3.63) is 27.8 Å². The smallest absolute Gasteiger partial charge is 0.315 e. The van der Waals surface area contributed by atoms with Crippen molar-refractivity contribution in [3.8, 4) is 17.2 Å². The fourth-order valence-electron chi connectivity index (χ4n) is 1.77. The van der Waals surface area contributed by atoms with Crippen LogP contribution in [0.2, 0.25) is 0 Å². The lowest BCUT2D eigenvalue weighted by Crippen LogP contribution is -2.28. The Morgan fingerprint density at radius 1 is 1.50 bits per heavy atom. The predicted octanol–water partition coefficient (Wildman–Crippen LogP) is 2.49. The summed E-state index contributed by atoms with van der Waals surface area (Å²) in [4.78, 5) is 10.5. The number of methoxy groups -OCH3 is 1. The monoisotopic (exact) mass is 251 g/mol. The predicted molar refractivity (Wildman–Crippen MR) is 65.1 cm³/mol. The second kappa shape index (κ2) is 3.90. The van der Waals surface area contributed by atoms with Crippen LogP contribution in [0.5, 0.6) is 17.2 Å². The molecule has 0 fully saturated rings. The fraction of sp³-hybridized carbons (Fsp3) is 0.333. The molecule has 1 N–H and O–H groups in total. The zero-order valence-electron chi connectivity index (χ0n) is 10.3. The van der Waals surface area contributed by atoms with Gasteiger partial charge in [-0.25, -0.2) is 0 Å². The number of hydrogen-bond donors (Lipinski definition) is 1. The van der Waals surface area contributed by atoms with Crippen molar-refractivity contribution in [2.24, 2.45) is 0 Å². The van der Waals surface area contributed by atoms with Gasteiger partial charge in [0.1, 0.15) is 5.60 Å². The number of ether oxygens (including phenoxy) is 2. The van der Waals surface area contributed by atoms with Gasteiger partial charge in [0.2, 0.25) is 5.75 Å². The summed E-state index contributed by atoms with van der Waals surface area (Å²) >= 11 is 0. The van der Waals surface area contributed by atoms with Gasteiger partial charge in [0.15, 0.2) is 11.5 Å². The number of nitro groups is 1. The lowest BCUT2D eigenvalue weighted by molar-refractivity contribution is -0.386. The quantitative estimate of drug-likeness (QED) is 0.645. The van der Waals surface area contributed by atoms with E-state index in [4.69, 9.17) is 9.47 Å². The van der Waals surface area contributed by atoms with E-state index in [1.54, 1.807) is 26.0 Å². The zero-order valence-corrected chi connectivity index (χ0v) is 10.3. The summed E-state index contributed by atoms with van der Waals surface area (Å²) in [7, 11) is 1.34. The summed E-state index contributed by atoms with van der Waals surface area (Å²) in [5.41, 5.74) is -0.615. The summed E-state index contributed by atoms with van der Waals surface area (Å²) < 4.78 is 10.5. The average Bonchev–Trinajstić information content (AvgIpc) is 2.27. The molecular weight excluding hydrogens is 238 g/mol. The molecule has 0 saturated carbocycles. The molecule has 0 saturated heterocycles. The molecule has 96 valence electrons. The fourth-order valence-corrected chi connectivity index (χ4v) is 1.77. The van der Waals surface area contributed by atoms with E-state index >= 15 is 0 Å². The number of fused-ring (bicyclic) bond motifs is 1. The van der Waals surface area contributed by atoms with Gasteiger partial charge in [-0.3, -0.25) is 10.1 Å². The van der Waals surface area contributed by atoms with Crippen LogP contribution in [0.1, 0.15) is 19.4 Å². The molecule has 0 bridgehead atoms. The Balaban J connectivity index is 2.72. The highest BCUT2D eigenvalue weighted by Gasteiger charge is 2.32. The van der Waals surface area contributed by atoms with E-state index in [2.05, 4.69) is 0 Å². The average molecular weight is 251 g/mol. The molecule has 1 aliphatic heterocycles. The van der Waals surface area contributed by atoms with Crippen LogP contribution in [0.4, 0.5) is 5.69 Å². The normalized spacial score (nSPS) is 15.7. The highest BCUT2D eigenvalue weighted by Crippen LogP contribution is 2.47. The number of phenols is 1. The highest BCUT2D eigenvalue weighted by molar-refractivity contribution is 5.76. The third-order valence-electron chi connectivity index (χ3n) is 2.67. The third kappa shape index (κ3) is 1.85. The van der Waals surface area contributed by atoms with Crippen LogP contribution >= 0.6 is 0 Å². The van der Waals surface area contributed by atoms with Crippen molar-refractivity contribution in [1.29, 1.82) is 0 Å². The van der Waals surface area contributed by atoms with Crippen molar-refractivity contribution in [2.45, 2.75) is 19.4 Å². The zero-order chi connectivity index (χ0) is 13.5. The van der Waals surface area contributed by atoms with Gasteiger partial charge < -0.3 is 14.6 Å². The largest absolute Gasteiger partial charge is 0.504 e. The molecule has 1 aromatic rings. The Hall–Kier alpha value is -2.24. The van der Waals surface area contributed by atoms with E-state index in [1.165, 1.54) is 7.11 Å². The molecule has 0 spiro atoms. The Morgan fingerprint density at radius 2 is 2.17 bits per heavy atom. The lowest BCUT2D eigenvalue weighted by Gasteiger charge is -2.28. The van der Waals surface area contributed by atoms with Gasteiger partial charge in [-0.2, -0.15) is 0 Å². The van der Waals surface area contributed by atoms with E-state index in [9.17, 15) is 15.2 Å². The summed E-state index contributed by atoms with van der Waals surface area (Å²) in [5.74, 6) is -0.0518. The first-order valence-corrected chi connectivity index (χ1v) is 5.32. The highest BCUT2D eigenvalue weighted by atomic mass is 16.6. The molecular formula is C12H13NO5. The van der Waals surface area contributed by atoms with Crippen molar-refractivity contribution in [1.82, 2.24) is 0 Å². The summed E-state index contributed by atoms with van der Waals surface area (Å²) in [6.07, 6.45) is 3.32. The maximum absolute atomic E-state index is 11.0. The number of benzene rings is 1. The van der Waals surface area contributed by atoms with E-state index < -0.39 is 10.5 Å². The molecule has 1 aromatic carbocycles. The van der Waals surface area contributed by atoms with Crippen molar-refractivity contribution in [2.75, 3.05) is 7.11 Å². The van der Waals surface area contributed by atoms with E-state index in [0.717, 1.165) is 6.07 Å². The van der Waals surface area contributed by atoms with Gasteiger partial charge in [-0.05, 0) is 26.0 Å². The number of nitro benzene ring substituents is 1. The lowest BCUT2D eigenvalue weighted by atomic mass is 10.0. The molecule has 18 heavy (non-hydrogen) atoms. The molecule has 0 atom stereocenters. The van der Waals surface area contributed by atoms with Crippen LogP contribution in [0, 0.1) is 10.1 Å². The molecule has 0 amide bonds. The Morgan fingerprint density at radius 3 is 2.72 bits per heavy atom. The maximum Gasteiger partial charge on any atom is 0.315 e. The number of phenolic OH excluding ortho intramolecular Hbond substituents is 1. The van der Waals surface area contributed by atoms with Gasteiger partial charge in [0.25, 0.3) is 0 Å². The molecule has 1 aliphatic rings. The van der Waals surface area contributed by atoms with Crippen LogP contribution < -0.4 is 9.47 Å². The number of aromatic hydroxyl groups is 1. The maximum atomic E-state index is 11.0. The van der Waals surface area contributed by atoms with Gasteiger partial charge in [0.05, 0.1) is 23.7 Å². The first-order chi connectivity index (χ1) is 8.35. The van der Waals surface area contributed by atoms with Crippen LogP contribution in [0.15, 0.2) is 12.1 Å². The van der Waals surface area contributed by atoms with Crippen molar-refractivity contribution in [3.63, 3.8) is 0 Å². The number of nitrogens with zero attached hydrogens (tertiary/aromatic N) is 1. The molecule has 2 rings (SSSR count). The SMILES string of the molecule is COc1cc([N+](=O)[O-])c2c(c1O)C=CC(C)(C)O2. The molecule has 0 radical (unpaired) electrons. The van der Waals surface area contributed by atoms with Crippen molar-refractivity contribution < 1.29 is 19.5 Å². The molecule has 1 heterocycles. The molecule has 0 aromatic heterocycles. The second-order valence-electron chi connectivity index (χ2n) is 4.49. The Kier molecular flexibility index (Phi) is 2.65. The molecule has 6 nitrogen and oxygen atoms in total. The van der Waals surface area contributed by atoms with Crippen molar-refractivity contribution >= 4 is 11.8 Å². The number of hydrogen-bond acceptors (Lipinski definition) is 5. The van der Waals surface area contributed by atoms with Crippen LogP contribution in [-0.4, -0.2) is 22.7 Å². The van der Waals surface area contributed by atoms with E-state index in [-0.39, 0.29) is 28.5 Å². The van der Waals surface area contributed by atoms with Crippen LogP contribution in [0.3, 0.4) is 0 Å². The van der Waals surface area contributed by atoms with Gasteiger partial charge in [0, 0.05) is 0 Å². The first-order valence-electron chi connectivity index (χ1n) is 5.32. The Bertz CT molecular complexity index is 548. The van der Waals surface area contributed by atoms with Gasteiger partial charge >= 0.3 is 5.69 Å². The Labute approximate surface area is 104 Å². The number of rotatable bonds is 2. The van der Waals surface area contributed by atoms with Crippen LogP contribution in [0.25, 0.3) is 6.08 Å². The molecule has 6 heteroatoms. The third-order valence-corrected chi connectivity index (χ3v) is 2.67. The van der Waals surface area contributed by atoms with Gasteiger partial charge in [-0.15, -0.1) is 0 Å².